The third kappa shape index (κ3) is 3.17. The molecule has 0 atom stereocenters. The van der Waals surface area contributed by atoms with Gasteiger partial charge < -0.3 is 5.11 Å². The Labute approximate surface area is 76.7 Å². The predicted octanol–water partition coefficient (Wildman–Crippen LogP) is 1.29. The third-order valence-electron chi connectivity index (χ3n) is 1.52. The largest absolute Gasteiger partial charge is 0.396 e. The predicted molar refractivity (Wildman–Crippen MR) is 50.4 cm³/mol. The normalized spacial score (nSPS) is 10.5. The number of aromatic nitrogens is 1. The van der Waals surface area contributed by atoms with E-state index in [1.807, 2.05) is 12.2 Å². The second-order valence-corrected chi connectivity index (χ2v) is 2.58. The van der Waals surface area contributed by atoms with Gasteiger partial charge >= 0.3 is 0 Å². The summed E-state index contributed by atoms with van der Waals surface area (Å²) in [6, 6.07) is 1.74. The Kier molecular flexibility index (Phi) is 3.85. The molecule has 0 spiro atoms. The Hall–Kier alpha value is -1.48. The molecule has 0 saturated heterocycles. The van der Waals surface area contributed by atoms with E-state index >= 15 is 0 Å². The minimum absolute atomic E-state index is 0.136. The van der Waals surface area contributed by atoms with E-state index in [1.165, 1.54) is 6.20 Å². The lowest BCUT2D eigenvalue weighted by molar-refractivity contribution is 0.112. The number of hydrogen-bond acceptors (Lipinski definition) is 3. The Balaban J connectivity index is 2.71. The highest BCUT2D eigenvalue weighted by Crippen LogP contribution is 2.03. The SMILES string of the molecule is O=Cc1cncc(C=CCCO)c1. The lowest BCUT2D eigenvalue weighted by atomic mass is 10.2. The van der Waals surface area contributed by atoms with Gasteiger partial charge in [0.1, 0.15) is 0 Å². The topological polar surface area (TPSA) is 50.2 Å². The highest BCUT2D eigenvalue weighted by Gasteiger charge is 1.90. The van der Waals surface area contributed by atoms with Crippen LogP contribution >= 0.6 is 0 Å². The van der Waals surface area contributed by atoms with Gasteiger partial charge in [-0.05, 0) is 18.1 Å². The zero-order chi connectivity index (χ0) is 9.52. The minimum atomic E-state index is 0.136. The van der Waals surface area contributed by atoms with Crippen molar-refractivity contribution in [2.75, 3.05) is 6.61 Å². The molecular formula is C10H11NO2. The molecule has 0 aliphatic rings. The summed E-state index contributed by atoms with van der Waals surface area (Å²) >= 11 is 0. The standard InChI is InChI=1S/C10H11NO2/c12-4-2-1-3-9-5-10(8-13)7-11-6-9/h1,3,5-8,12H,2,4H2. The fraction of sp³-hybridized carbons (Fsp3) is 0.200. The van der Waals surface area contributed by atoms with E-state index in [1.54, 1.807) is 12.3 Å². The number of carbonyl (C=O) groups is 1. The second-order valence-electron chi connectivity index (χ2n) is 2.58. The van der Waals surface area contributed by atoms with Crippen molar-refractivity contribution in [3.05, 3.63) is 35.7 Å². The van der Waals surface area contributed by atoms with Crippen LogP contribution in [0.2, 0.25) is 0 Å². The molecule has 0 aliphatic heterocycles. The Morgan fingerprint density at radius 2 is 2.15 bits per heavy atom. The molecule has 0 radical (unpaired) electrons. The second kappa shape index (κ2) is 5.22. The van der Waals surface area contributed by atoms with Gasteiger partial charge in [0.2, 0.25) is 0 Å². The number of aliphatic hydroxyl groups excluding tert-OH is 1. The zero-order valence-electron chi connectivity index (χ0n) is 7.18. The van der Waals surface area contributed by atoms with E-state index < -0.39 is 0 Å². The minimum Gasteiger partial charge on any atom is -0.396 e. The monoisotopic (exact) mass is 177 g/mol. The van der Waals surface area contributed by atoms with Crippen molar-refractivity contribution in [1.29, 1.82) is 0 Å². The summed E-state index contributed by atoms with van der Waals surface area (Å²) in [7, 11) is 0. The zero-order valence-corrected chi connectivity index (χ0v) is 7.18. The number of hydrogen-bond donors (Lipinski definition) is 1. The fourth-order valence-electron chi connectivity index (χ4n) is 0.926. The molecule has 3 heteroatoms. The smallest absolute Gasteiger partial charge is 0.151 e. The van der Waals surface area contributed by atoms with Crippen LogP contribution in [0.1, 0.15) is 22.3 Å². The van der Waals surface area contributed by atoms with Crippen LogP contribution in [0.25, 0.3) is 6.08 Å². The maximum absolute atomic E-state index is 10.4. The molecule has 0 saturated carbocycles. The van der Waals surface area contributed by atoms with Crippen molar-refractivity contribution < 1.29 is 9.90 Å². The van der Waals surface area contributed by atoms with Crippen LogP contribution in [0.15, 0.2) is 24.5 Å². The number of rotatable bonds is 4. The molecule has 0 fully saturated rings. The van der Waals surface area contributed by atoms with Crippen molar-refractivity contribution in [3.8, 4) is 0 Å². The van der Waals surface area contributed by atoms with Crippen molar-refractivity contribution >= 4 is 12.4 Å². The molecule has 13 heavy (non-hydrogen) atoms. The number of pyridine rings is 1. The fourth-order valence-corrected chi connectivity index (χ4v) is 0.926. The van der Waals surface area contributed by atoms with Gasteiger partial charge in [0.25, 0.3) is 0 Å². The average Bonchev–Trinajstić information content (AvgIpc) is 2.19. The summed E-state index contributed by atoms with van der Waals surface area (Å²) in [6.07, 6.45) is 8.22. The Morgan fingerprint density at radius 1 is 1.38 bits per heavy atom. The summed E-state index contributed by atoms with van der Waals surface area (Å²) in [4.78, 5) is 14.3. The highest BCUT2D eigenvalue weighted by atomic mass is 16.2. The molecule has 0 aliphatic carbocycles. The molecule has 1 rings (SSSR count). The number of aliphatic hydroxyl groups is 1. The first kappa shape index (κ1) is 9.61. The summed E-state index contributed by atoms with van der Waals surface area (Å²) < 4.78 is 0. The molecule has 0 bridgehead atoms. The maximum atomic E-state index is 10.4. The molecular weight excluding hydrogens is 166 g/mol. The van der Waals surface area contributed by atoms with Gasteiger partial charge in [-0.1, -0.05) is 12.2 Å². The van der Waals surface area contributed by atoms with Crippen molar-refractivity contribution in [1.82, 2.24) is 4.98 Å². The molecule has 3 nitrogen and oxygen atoms in total. The lowest BCUT2D eigenvalue weighted by Gasteiger charge is -1.93. The van der Waals surface area contributed by atoms with Gasteiger partial charge in [0.05, 0.1) is 0 Å². The van der Waals surface area contributed by atoms with E-state index in [4.69, 9.17) is 5.11 Å². The molecule has 1 aromatic heterocycles. The summed E-state index contributed by atoms with van der Waals surface area (Å²) in [5.41, 5.74) is 1.43. The first-order valence-corrected chi connectivity index (χ1v) is 4.04. The van der Waals surface area contributed by atoms with E-state index in [9.17, 15) is 4.79 Å². The third-order valence-corrected chi connectivity index (χ3v) is 1.52. The number of nitrogens with zero attached hydrogens (tertiary/aromatic N) is 1. The van der Waals surface area contributed by atoms with Gasteiger partial charge in [-0.15, -0.1) is 0 Å². The van der Waals surface area contributed by atoms with E-state index in [0.717, 1.165) is 11.8 Å². The maximum Gasteiger partial charge on any atom is 0.151 e. The van der Waals surface area contributed by atoms with E-state index in [-0.39, 0.29) is 6.61 Å². The van der Waals surface area contributed by atoms with Crippen LogP contribution in [0.3, 0.4) is 0 Å². The molecule has 0 aromatic carbocycles. The number of aldehydes is 1. The van der Waals surface area contributed by atoms with Crippen LogP contribution in [0.4, 0.5) is 0 Å². The first-order chi connectivity index (χ1) is 6.36. The molecule has 1 aromatic rings. The summed E-state index contributed by atoms with van der Waals surface area (Å²) in [5, 5.41) is 8.52. The van der Waals surface area contributed by atoms with Crippen LogP contribution in [0, 0.1) is 0 Å². The Morgan fingerprint density at radius 3 is 2.85 bits per heavy atom. The van der Waals surface area contributed by atoms with Crippen LogP contribution in [-0.4, -0.2) is 23.0 Å². The van der Waals surface area contributed by atoms with Crippen LogP contribution in [0.5, 0.6) is 0 Å². The molecule has 1 N–H and O–H groups in total. The van der Waals surface area contributed by atoms with E-state index in [2.05, 4.69) is 4.98 Å². The van der Waals surface area contributed by atoms with Crippen LogP contribution in [-0.2, 0) is 0 Å². The van der Waals surface area contributed by atoms with Crippen LogP contribution < -0.4 is 0 Å². The Bertz CT molecular complexity index is 308. The molecule has 68 valence electrons. The highest BCUT2D eigenvalue weighted by molar-refractivity contribution is 5.75. The average molecular weight is 177 g/mol. The lowest BCUT2D eigenvalue weighted by Crippen LogP contribution is -1.84. The summed E-state index contributed by atoms with van der Waals surface area (Å²) in [6.45, 7) is 0.136. The van der Waals surface area contributed by atoms with Gasteiger partial charge in [-0.25, -0.2) is 0 Å². The van der Waals surface area contributed by atoms with Gasteiger partial charge in [-0.3, -0.25) is 9.78 Å². The molecule has 1 heterocycles. The van der Waals surface area contributed by atoms with Crippen molar-refractivity contribution in [3.63, 3.8) is 0 Å². The molecule has 0 amide bonds. The summed E-state index contributed by atoms with van der Waals surface area (Å²) in [5.74, 6) is 0. The first-order valence-electron chi connectivity index (χ1n) is 4.04. The quantitative estimate of drug-likeness (QED) is 0.705. The van der Waals surface area contributed by atoms with E-state index in [0.29, 0.717) is 12.0 Å². The van der Waals surface area contributed by atoms with Crippen molar-refractivity contribution in [2.24, 2.45) is 0 Å². The number of carbonyl (C=O) groups excluding carboxylic acids is 1. The van der Waals surface area contributed by atoms with Gasteiger partial charge in [-0.2, -0.15) is 0 Å². The molecule has 0 unspecified atom stereocenters. The van der Waals surface area contributed by atoms with Gasteiger partial charge in [0.15, 0.2) is 6.29 Å². The van der Waals surface area contributed by atoms with Gasteiger partial charge in [0, 0.05) is 24.6 Å². The van der Waals surface area contributed by atoms with Crippen molar-refractivity contribution in [2.45, 2.75) is 6.42 Å².